The van der Waals surface area contributed by atoms with Crippen LogP contribution in [0.3, 0.4) is 0 Å². The molecule has 0 aliphatic carbocycles. The summed E-state index contributed by atoms with van der Waals surface area (Å²) >= 11 is 0. The van der Waals surface area contributed by atoms with Gasteiger partial charge in [0.1, 0.15) is 5.52 Å². The Bertz CT molecular complexity index is 700. The lowest BCUT2D eigenvalue weighted by molar-refractivity contribution is 0.565. The average Bonchev–Trinajstić information content (AvgIpc) is 2.24. The van der Waals surface area contributed by atoms with Crippen molar-refractivity contribution in [3.8, 4) is 0 Å². The third-order valence-electron chi connectivity index (χ3n) is 2.77. The van der Waals surface area contributed by atoms with E-state index in [1.54, 1.807) is 6.20 Å². The molecule has 96 valence electrons. The Morgan fingerprint density at radius 1 is 1.06 bits per heavy atom. The van der Waals surface area contributed by atoms with Crippen LogP contribution in [0.2, 0.25) is 0 Å². The van der Waals surface area contributed by atoms with Crippen molar-refractivity contribution in [1.82, 2.24) is 9.97 Å². The first-order valence-electron chi connectivity index (χ1n) is 5.65. The van der Waals surface area contributed by atoms with Gasteiger partial charge in [0, 0.05) is 18.6 Å². The molecule has 0 aliphatic heterocycles. The largest absolute Gasteiger partial charge is 0.253 e. The quantitative estimate of drug-likeness (QED) is 0.793. The van der Waals surface area contributed by atoms with Crippen LogP contribution in [-0.4, -0.2) is 24.6 Å². The third-order valence-corrected chi connectivity index (χ3v) is 3.93. The fraction of sp³-hybridized carbons (Fsp3) is 0.385. The summed E-state index contributed by atoms with van der Waals surface area (Å²) in [6.45, 7) is 5.96. The molecule has 4 nitrogen and oxygen atoms in total. The van der Waals surface area contributed by atoms with E-state index in [-0.39, 0.29) is 5.41 Å². The third kappa shape index (κ3) is 2.22. The lowest BCUT2D eigenvalue weighted by Gasteiger charge is -2.22. The summed E-state index contributed by atoms with van der Waals surface area (Å²) in [5.74, 6) is 0. The van der Waals surface area contributed by atoms with E-state index in [1.807, 2.05) is 32.9 Å². The van der Waals surface area contributed by atoms with Gasteiger partial charge in [0.25, 0.3) is 0 Å². The fourth-order valence-corrected chi connectivity index (χ4v) is 3.26. The number of hydrogen-bond donors (Lipinski definition) is 0. The number of rotatable bonds is 1. The van der Waals surface area contributed by atoms with Gasteiger partial charge >= 0.3 is 0 Å². The molecule has 0 spiro atoms. The van der Waals surface area contributed by atoms with E-state index in [0.29, 0.717) is 15.9 Å². The van der Waals surface area contributed by atoms with Gasteiger partial charge in [-0.1, -0.05) is 26.8 Å². The van der Waals surface area contributed by atoms with Crippen LogP contribution in [0.5, 0.6) is 0 Å². The van der Waals surface area contributed by atoms with Gasteiger partial charge in [-0.2, -0.15) is 0 Å². The van der Waals surface area contributed by atoms with Gasteiger partial charge in [0.05, 0.1) is 10.4 Å². The van der Waals surface area contributed by atoms with E-state index in [1.165, 1.54) is 12.5 Å². The molecule has 0 saturated carbocycles. The fourth-order valence-electron chi connectivity index (χ4n) is 1.98. The summed E-state index contributed by atoms with van der Waals surface area (Å²) in [5, 5.41) is 0. The van der Waals surface area contributed by atoms with Gasteiger partial charge in [0.15, 0.2) is 9.84 Å². The van der Waals surface area contributed by atoms with Gasteiger partial charge in [-0.3, -0.25) is 9.97 Å². The van der Waals surface area contributed by atoms with Crippen molar-refractivity contribution in [1.29, 1.82) is 0 Å². The molecular weight excluding hydrogens is 248 g/mol. The maximum Gasteiger partial charge on any atom is 0.178 e. The van der Waals surface area contributed by atoms with E-state index >= 15 is 0 Å². The van der Waals surface area contributed by atoms with Gasteiger partial charge in [0.2, 0.25) is 0 Å². The number of fused-ring (bicyclic) bond motifs is 1. The minimum Gasteiger partial charge on any atom is -0.253 e. The van der Waals surface area contributed by atoms with Crippen molar-refractivity contribution >= 4 is 20.9 Å². The van der Waals surface area contributed by atoms with E-state index in [0.717, 1.165) is 5.56 Å². The van der Waals surface area contributed by atoms with Crippen LogP contribution < -0.4 is 0 Å². The Balaban J connectivity index is 2.98. The predicted octanol–water partition coefficient (Wildman–Crippen LogP) is 2.33. The Kier molecular flexibility index (Phi) is 2.89. The first-order valence-corrected chi connectivity index (χ1v) is 7.54. The Hall–Kier alpha value is -1.49. The van der Waals surface area contributed by atoms with Crippen molar-refractivity contribution < 1.29 is 8.42 Å². The van der Waals surface area contributed by atoms with Crippen LogP contribution in [0.15, 0.2) is 29.4 Å². The normalized spacial score (nSPS) is 12.9. The van der Waals surface area contributed by atoms with E-state index in [4.69, 9.17) is 0 Å². The highest BCUT2D eigenvalue weighted by Crippen LogP contribution is 2.32. The molecule has 2 aromatic rings. The second-order valence-electron chi connectivity index (χ2n) is 5.39. The van der Waals surface area contributed by atoms with Crippen LogP contribution in [0.25, 0.3) is 11.0 Å². The second-order valence-corrected chi connectivity index (χ2v) is 7.34. The first kappa shape index (κ1) is 13.0. The summed E-state index contributed by atoms with van der Waals surface area (Å²) in [6.07, 6.45) is 4.29. The summed E-state index contributed by atoms with van der Waals surface area (Å²) in [7, 11) is -3.35. The Morgan fingerprint density at radius 3 is 2.22 bits per heavy atom. The Morgan fingerprint density at radius 2 is 1.67 bits per heavy atom. The highest BCUT2D eigenvalue weighted by molar-refractivity contribution is 7.91. The number of aromatic nitrogens is 2. The van der Waals surface area contributed by atoms with E-state index < -0.39 is 9.84 Å². The topological polar surface area (TPSA) is 59.9 Å². The number of nitrogens with zero attached hydrogens (tertiary/aromatic N) is 2. The molecule has 0 radical (unpaired) electrons. The highest BCUT2D eigenvalue weighted by atomic mass is 32.2. The van der Waals surface area contributed by atoms with Crippen molar-refractivity contribution in [2.45, 2.75) is 31.1 Å². The minimum atomic E-state index is -3.35. The van der Waals surface area contributed by atoms with E-state index in [9.17, 15) is 8.42 Å². The maximum atomic E-state index is 12.0. The van der Waals surface area contributed by atoms with Gasteiger partial charge in [-0.05, 0) is 17.0 Å². The molecule has 18 heavy (non-hydrogen) atoms. The second kappa shape index (κ2) is 4.02. The molecule has 2 rings (SSSR count). The summed E-state index contributed by atoms with van der Waals surface area (Å²) in [4.78, 5) is 8.62. The molecule has 0 saturated heterocycles. The standard InChI is InChI=1S/C13H16N2O2S/c1-13(2,3)9-5-6-10-11(15-8-7-14-10)12(9)18(4,16)17/h5-8H,1-4H3. The van der Waals surface area contributed by atoms with Crippen LogP contribution in [-0.2, 0) is 15.3 Å². The summed E-state index contributed by atoms with van der Waals surface area (Å²) in [5.41, 5.74) is 1.57. The van der Waals surface area contributed by atoms with Crippen LogP contribution >= 0.6 is 0 Å². The van der Waals surface area contributed by atoms with Gasteiger partial charge in [-0.15, -0.1) is 0 Å². The monoisotopic (exact) mass is 264 g/mol. The molecular formula is C13H16N2O2S. The maximum absolute atomic E-state index is 12.0. The molecule has 0 unspecified atom stereocenters. The zero-order chi connectivity index (χ0) is 13.6. The molecule has 1 heterocycles. The Labute approximate surface area is 107 Å². The number of hydrogen-bond acceptors (Lipinski definition) is 4. The molecule has 0 N–H and O–H groups in total. The van der Waals surface area contributed by atoms with Crippen LogP contribution in [0, 0.1) is 0 Å². The van der Waals surface area contributed by atoms with Crippen LogP contribution in [0.1, 0.15) is 26.3 Å². The number of sulfone groups is 1. The minimum absolute atomic E-state index is 0.260. The highest BCUT2D eigenvalue weighted by Gasteiger charge is 2.26. The van der Waals surface area contributed by atoms with Crippen molar-refractivity contribution in [3.63, 3.8) is 0 Å². The smallest absolute Gasteiger partial charge is 0.178 e. The molecule has 0 bridgehead atoms. The van der Waals surface area contributed by atoms with Gasteiger partial charge in [-0.25, -0.2) is 8.42 Å². The SMILES string of the molecule is CC(C)(C)c1ccc2nccnc2c1S(C)(=O)=O. The van der Waals surface area contributed by atoms with Crippen LogP contribution in [0.4, 0.5) is 0 Å². The molecule has 0 aliphatic rings. The lowest BCUT2D eigenvalue weighted by atomic mass is 9.87. The molecule has 0 amide bonds. The lowest BCUT2D eigenvalue weighted by Crippen LogP contribution is -2.17. The molecule has 5 heteroatoms. The summed E-state index contributed by atoms with van der Waals surface area (Å²) < 4.78 is 24.1. The van der Waals surface area contributed by atoms with Crippen molar-refractivity contribution in [2.24, 2.45) is 0 Å². The molecule has 1 aromatic heterocycles. The zero-order valence-corrected chi connectivity index (χ0v) is 11.7. The number of benzene rings is 1. The average molecular weight is 264 g/mol. The zero-order valence-electron chi connectivity index (χ0n) is 10.9. The molecule has 1 aromatic carbocycles. The summed E-state index contributed by atoms with van der Waals surface area (Å²) in [6, 6.07) is 3.64. The first-order chi connectivity index (χ1) is 8.21. The predicted molar refractivity (Wildman–Crippen MR) is 71.3 cm³/mol. The molecule has 0 atom stereocenters. The van der Waals surface area contributed by atoms with Crippen molar-refractivity contribution in [3.05, 3.63) is 30.1 Å². The van der Waals surface area contributed by atoms with Gasteiger partial charge < -0.3 is 0 Å². The van der Waals surface area contributed by atoms with Crippen molar-refractivity contribution in [2.75, 3.05) is 6.26 Å². The van der Waals surface area contributed by atoms with E-state index in [2.05, 4.69) is 9.97 Å². The molecule has 0 fully saturated rings.